The van der Waals surface area contributed by atoms with E-state index in [1.54, 1.807) is 0 Å². The fourth-order valence-electron chi connectivity index (χ4n) is 6.09. The Morgan fingerprint density at radius 1 is 0.946 bits per heavy atom. The van der Waals surface area contributed by atoms with Crippen LogP contribution in [-0.4, -0.2) is 54.3 Å². The summed E-state index contributed by atoms with van der Waals surface area (Å²) in [6.45, 7) is -0.586. The van der Waals surface area contributed by atoms with Crippen LogP contribution in [0.3, 0.4) is 0 Å². The Balaban J connectivity index is 1.27. The molecule has 2 saturated carbocycles. The molecule has 192 valence electrons. The van der Waals surface area contributed by atoms with Crippen LogP contribution in [-0.2, 0) is 35.1 Å². The van der Waals surface area contributed by atoms with E-state index in [0.29, 0.717) is 11.3 Å². The number of methoxy groups -OCH3 is 1. The molecule has 3 fully saturated rings. The number of hydrogen-bond donors (Lipinski definition) is 1. The number of nitrogens with one attached hydrogen (secondary N) is 1. The predicted octanol–water partition coefficient (Wildman–Crippen LogP) is 2.60. The predicted molar refractivity (Wildman–Crippen MR) is 131 cm³/mol. The van der Waals surface area contributed by atoms with Crippen molar-refractivity contribution in [1.82, 2.24) is 4.90 Å². The van der Waals surface area contributed by atoms with Gasteiger partial charge in [0, 0.05) is 12.1 Å². The van der Waals surface area contributed by atoms with Crippen molar-refractivity contribution < 1.29 is 33.4 Å². The molecule has 2 aromatic carbocycles. The van der Waals surface area contributed by atoms with Crippen molar-refractivity contribution >= 4 is 35.3 Å². The molecule has 0 radical (unpaired) electrons. The van der Waals surface area contributed by atoms with Crippen molar-refractivity contribution in [3.05, 3.63) is 65.7 Å². The second kappa shape index (κ2) is 10.2. The van der Waals surface area contributed by atoms with Gasteiger partial charge in [-0.2, -0.15) is 0 Å². The lowest BCUT2D eigenvalue weighted by atomic mass is 9.81. The number of likely N-dealkylation sites (tertiary alicyclic amines) is 1. The maximum atomic E-state index is 13.4. The third-order valence-electron chi connectivity index (χ3n) is 7.75. The second-order valence-electron chi connectivity index (χ2n) is 9.86. The average Bonchev–Trinajstić information content (AvgIpc) is 3.60. The van der Waals surface area contributed by atoms with Crippen molar-refractivity contribution in [1.29, 1.82) is 0 Å². The molecule has 0 spiro atoms. The minimum Gasteiger partial charge on any atom is -0.465 e. The minimum atomic E-state index is -1.14. The van der Waals surface area contributed by atoms with Gasteiger partial charge >= 0.3 is 11.9 Å². The molecule has 2 bridgehead atoms. The first-order valence-corrected chi connectivity index (χ1v) is 12.4. The second-order valence-corrected chi connectivity index (χ2v) is 9.86. The summed E-state index contributed by atoms with van der Waals surface area (Å²) in [5, 5.41) is 2.59. The molecule has 9 heteroatoms. The molecule has 9 nitrogen and oxygen atoms in total. The molecule has 2 aromatic rings. The molecule has 1 heterocycles. The van der Waals surface area contributed by atoms with Crippen molar-refractivity contribution in [3.63, 3.8) is 0 Å². The van der Waals surface area contributed by atoms with Crippen LogP contribution in [0, 0.1) is 23.7 Å². The fraction of sp³-hybridized carbons (Fsp3) is 0.393. The van der Waals surface area contributed by atoms with Gasteiger partial charge in [-0.25, -0.2) is 9.59 Å². The number of fused-ring (bicyclic) bond motifs is 5. The highest BCUT2D eigenvalue weighted by Crippen LogP contribution is 2.56. The summed E-state index contributed by atoms with van der Waals surface area (Å²) in [6, 6.07) is 14.0. The average molecular weight is 505 g/mol. The van der Waals surface area contributed by atoms with E-state index in [-0.39, 0.29) is 41.9 Å². The smallest absolute Gasteiger partial charge is 0.337 e. The Bertz CT molecular complexity index is 1200. The first-order valence-electron chi connectivity index (χ1n) is 12.4. The summed E-state index contributed by atoms with van der Waals surface area (Å²) in [7, 11) is 1.28. The molecule has 5 atom stereocenters. The van der Waals surface area contributed by atoms with E-state index in [0.717, 1.165) is 29.7 Å². The van der Waals surface area contributed by atoms with Crippen LogP contribution in [0.5, 0.6) is 0 Å². The number of anilines is 1. The molecule has 3 amide bonds. The number of hydrogen-bond acceptors (Lipinski definition) is 7. The van der Waals surface area contributed by atoms with Crippen molar-refractivity contribution in [2.75, 3.05) is 19.0 Å². The number of imide groups is 1. The molecule has 3 aliphatic rings. The Morgan fingerprint density at radius 3 is 2.16 bits per heavy atom. The van der Waals surface area contributed by atoms with Gasteiger partial charge in [0.25, 0.3) is 5.91 Å². The van der Waals surface area contributed by atoms with Crippen LogP contribution < -0.4 is 5.32 Å². The van der Waals surface area contributed by atoms with E-state index in [1.807, 2.05) is 30.3 Å². The summed E-state index contributed by atoms with van der Waals surface area (Å²) in [5.41, 5.74) is 1.51. The Hall–Kier alpha value is -4.01. The maximum absolute atomic E-state index is 13.4. The van der Waals surface area contributed by atoms with Gasteiger partial charge in [-0.3, -0.25) is 19.3 Å². The van der Waals surface area contributed by atoms with E-state index in [4.69, 9.17) is 4.74 Å². The summed E-state index contributed by atoms with van der Waals surface area (Å²) in [5.74, 6) is -2.80. The number of benzene rings is 2. The number of esters is 2. The van der Waals surface area contributed by atoms with E-state index in [2.05, 4.69) is 10.1 Å². The molecular weight excluding hydrogens is 476 g/mol. The highest BCUT2D eigenvalue weighted by molar-refractivity contribution is 6.08. The quantitative estimate of drug-likeness (QED) is 0.434. The lowest BCUT2D eigenvalue weighted by Gasteiger charge is -2.26. The zero-order chi connectivity index (χ0) is 26.1. The number of ether oxygens (including phenoxy) is 2. The van der Waals surface area contributed by atoms with Gasteiger partial charge < -0.3 is 14.8 Å². The van der Waals surface area contributed by atoms with Gasteiger partial charge in [0.2, 0.25) is 11.8 Å². The number of amides is 3. The van der Waals surface area contributed by atoms with Crippen LogP contribution in [0.15, 0.2) is 54.6 Å². The van der Waals surface area contributed by atoms with Crippen molar-refractivity contribution in [2.45, 2.75) is 31.7 Å². The van der Waals surface area contributed by atoms with Gasteiger partial charge in [-0.15, -0.1) is 0 Å². The summed E-state index contributed by atoms with van der Waals surface area (Å²) in [6.07, 6.45) is 2.89. The van der Waals surface area contributed by atoms with Crippen LogP contribution in [0.25, 0.3) is 0 Å². The molecule has 0 aromatic heterocycles. The first-order chi connectivity index (χ1) is 17.9. The highest BCUT2D eigenvalue weighted by atomic mass is 16.5. The monoisotopic (exact) mass is 504 g/mol. The SMILES string of the molecule is COC(=O)c1ccc(NC(=O)COC(=O)[C@H](Cc2ccccc2)N2C(=O)[C@@H]3[C@H]4CC[C@@H](C4)[C@@H]3C2=O)cc1. The summed E-state index contributed by atoms with van der Waals surface area (Å²) >= 11 is 0. The van der Waals surface area contributed by atoms with Gasteiger partial charge in [0.05, 0.1) is 24.5 Å². The van der Waals surface area contributed by atoms with Crippen molar-refractivity contribution in [2.24, 2.45) is 23.7 Å². The van der Waals surface area contributed by atoms with Gasteiger partial charge in [0.15, 0.2) is 6.61 Å². The summed E-state index contributed by atoms with van der Waals surface area (Å²) < 4.78 is 9.97. The molecule has 1 saturated heterocycles. The van der Waals surface area contributed by atoms with E-state index < -0.39 is 30.5 Å². The van der Waals surface area contributed by atoms with Crippen LogP contribution >= 0.6 is 0 Å². The van der Waals surface area contributed by atoms with Crippen molar-refractivity contribution in [3.8, 4) is 0 Å². The molecule has 0 unspecified atom stereocenters. The molecule has 2 aliphatic carbocycles. The topological polar surface area (TPSA) is 119 Å². The van der Waals surface area contributed by atoms with E-state index in [1.165, 1.54) is 31.4 Å². The van der Waals surface area contributed by atoms with Gasteiger partial charge in [-0.05, 0) is 60.9 Å². The van der Waals surface area contributed by atoms with Gasteiger partial charge in [-0.1, -0.05) is 30.3 Å². The minimum absolute atomic E-state index is 0.114. The van der Waals surface area contributed by atoms with E-state index in [9.17, 15) is 24.0 Å². The zero-order valence-corrected chi connectivity index (χ0v) is 20.4. The molecular formula is C28H28N2O7. The normalized spacial score (nSPS) is 24.5. The Morgan fingerprint density at radius 2 is 1.57 bits per heavy atom. The Kier molecular flexibility index (Phi) is 6.78. The maximum Gasteiger partial charge on any atom is 0.337 e. The first kappa shape index (κ1) is 24.7. The highest BCUT2D eigenvalue weighted by Gasteiger charge is 2.62. The molecule has 37 heavy (non-hydrogen) atoms. The zero-order valence-electron chi connectivity index (χ0n) is 20.4. The van der Waals surface area contributed by atoms with Crippen LogP contribution in [0.1, 0.15) is 35.2 Å². The third-order valence-corrected chi connectivity index (χ3v) is 7.75. The number of carbonyl (C=O) groups excluding carboxylic acids is 5. The molecule has 5 rings (SSSR count). The number of rotatable bonds is 8. The number of nitrogens with zero attached hydrogens (tertiary/aromatic N) is 1. The van der Waals surface area contributed by atoms with Crippen LogP contribution in [0.4, 0.5) is 5.69 Å². The fourth-order valence-corrected chi connectivity index (χ4v) is 6.09. The third kappa shape index (κ3) is 4.73. The van der Waals surface area contributed by atoms with Gasteiger partial charge in [0.1, 0.15) is 6.04 Å². The Labute approximate surface area is 214 Å². The lowest BCUT2D eigenvalue weighted by Crippen LogP contribution is -2.48. The molecule has 1 aliphatic heterocycles. The van der Waals surface area contributed by atoms with Crippen LogP contribution in [0.2, 0.25) is 0 Å². The standard InChI is InChI=1S/C28H28N2O7/c1-36-27(34)17-9-11-20(12-10-17)29-22(31)15-37-28(35)21(13-16-5-3-2-4-6-16)30-25(32)23-18-7-8-19(14-18)24(23)26(30)33/h2-6,9-12,18-19,21,23-24H,7-8,13-15H2,1H3,(H,29,31)/t18-,19-,21-,23-,24+/m0/s1. The summed E-state index contributed by atoms with van der Waals surface area (Å²) in [4.78, 5) is 65.1. The largest absolute Gasteiger partial charge is 0.465 e. The lowest BCUT2D eigenvalue weighted by molar-refractivity contribution is -0.160. The number of carbonyl (C=O) groups is 5. The van der Waals surface area contributed by atoms with E-state index >= 15 is 0 Å². The molecule has 1 N–H and O–H groups in total.